The number of anilines is 1. The van der Waals surface area contributed by atoms with Gasteiger partial charge in [-0.15, -0.1) is 0 Å². The highest BCUT2D eigenvalue weighted by atomic mass is 16.6. The van der Waals surface area contributed by atoms with Crippen molar-refractivity contribution in [3.8, 4) is 0 Å². The van der Waals surface area contributed by atoms with Crippen LogP contribution < -0.4 is 5.32 Å². The van der Waals surface area contributed by atoms with E-state index < -0.39 is 23.3 Å². The van der Waals surface area contributed by atoms with E-state index in [1.165, 1.54) is 37.6 Å². The zero-order valence-electron chi connectivity index (χ0n) is 15.0. The van der Waals surface area contributed by atoms with Crippen LogP contribution in [0.4, 0.5) is 11.4 Å². The van der Waals surface area contributed by atoms with Crippen molar-refractivity contribution < 1.29 is 24.0 Å². The summed E-state index contributed by atoms with van der Waals surface area (Å²) in [6, 6.07) is 6.13. The smallest absolute Gasteiger partial charge is 0.328 e. The molecule has 0 saturated carbocycles. The molecule has 0 aliphatic carbocycles. The van der Waals surface area contributed by atoms with Crippen molar-refractivity contribution in [3.63, 3.8) is 0 Å². The molecular weight excluding hydrogens is 356 g/mol. The van der Waals surface area contributed by atoms with Gasteiger partial charge in [0.05, 0.1) is 4.92 Å². The third kappa shape index (κ3) is 4.97. The molecule has 0 atom stereocenters. The van der Waals surface area contributed by atoms with Gasteiger partial charge < -0.3 is 10.1 Å². The van der Waals surface area contributed by atoms with E-state index in [9.17, 15) is 24.5 Å². The van der Waals surface area contributed by atoms with Crippen LogP contribution in [0.3, 0.4) is 0 Å². The van der Waals surface area contributed by atoms with Crippen molar-refractivity contribution in [2.45, 2.75) is 27.3 Å². The lowest BCUT2D eigenvalue weighted by molar-refractivity contribution is -0.386. The number of hydrogen-bond acceptors (Lipinski definition) is 7. The summed E-state index contributed by atoms with van der Waals surface area (Å²) in [6.07, 6.45) is 0. The standard InChI is InChI=1S/C17H18N4O6/c1-10-17(21(25)26)11(2)20(19-10)8-16(24)27-9-15(23)13-4-6-14(7-5-13)18-12(3)22/h4-7H,8-9H2,1-3H3,(H,18,22). The largest absolute Gasteiger partial charge is 0.456 e. The van der Waals surface area contributed by atoms with Gasteiger partial charge in [-0.3, -0.25) is 29.2 Å². The van der Waals surface area contributed by atoms with Crippen LogP contribution in [-0.4, -0.2) is 39.0 Å². The van der Waals surface area contributed by atoms with E-state index in [0.717, 1.165) is 0 Å². The van der Waals surface area contributed by atoms with Gasteiger partial charge in [0.15, 0.2) is 12.4 Å². The summed E-state index contributed by atoms with van der Waals surface area (Å²) >= 11 is 0. The number of rotatable bonds is 7. The topological polar surface area (TPSA) is 133 Å². The minimum Gasteiger partial charge on any atom is -0.456 e. The summed E-state index contributed by atoms with van der Waals surface area (Å²) in [5.41, 5.74) is 1.13. The Labute approximate surface area is 154 Å². The van der Waals surface area contributed by atoms with Gasteiger partial charge in [0.1, 0.15) is 17.9 Å². The molecule has 142 valence electrons. The molecule has 1 N–H and O–H groups in total. The average molecular weight is 374 g/mol. The highest BCUT2D eigenvalue weighted by Crippen LogP contribution is 2.21. The van der Waals surface area contributed by atoms with Crippen LogP contribution in [0.2, 0.25) is 0 Å². The SMILES string of the molecule is CC(=O)Nc1ccc(C(=O)COC(=O)Cn2nc(C)c([N+](=O)[O-])c2C)cc1. The number of esters is 1. The van der Waals surface area contributed by atoms with E-state index >= 15 is 0 Å². The predicted molar refractivity (Wildman–Crippen MR) is 94.4 cm³/mol. The molecule has 0 saturated heterocycles. The lowest BCUT2D eigenvalue weighted by atomic mass is 10.1. The van der Waals surface area contributed by atoms with E-state index in [0.29, 0.717) is 11.3 Å². The number of ether oxygens (including phenoxy) is 1. The van der Waals surface area contributed by atoms with Crippen molar-refractivity contribution in [1.82, 2.24) is 9.78 Å². The number of nitrogens with one attached hydrogen (secondary N) is 1. The number of aromatic nitrogens is 2. The van der Waals surface area contributed by atoms with Gasteiger partial charge in [0, 0.05) is 18.2 Å². The molecule has 1 amide bonds. The average Bonchev–Trinajstić information content (AvgIpc) is 2.86. The number of carbonyl (C=O) groups is 3. The first-order valence-electron chi connectivity index (χ1n) is 7.94. The molecule has 2 aromatic rings. The van der Waals surface area contributed by atoms with Crippen LogP contribution in [0.15, 0.2) is 24.3 Å². The van der Waals surface area contributed by atoms with Gasteiger partial charge >= 0.3 is 11.7 Å². The Bertz CT molecular complexity index is 901. The molecule has 10 nitrogen and oxygen atoms in total. The summed E-state index contributed by atoms with van der Waals surface area (Å²) in [6.45, 7) is 3.51. The Morgan fingerprint density at radius 3 is 2.37 bits per heavy atom. The number of ketones is 1. The quantitative estimate of drug-likeness (QED) is 0.338. The normalized spacial score (nSPS) is 10.3. The molecule has 1 aromatic carbocycles. The summed E-state index contributed by atoms with van der Waals surface area (Å²) in [5.74, 6) is -1.39. The van der Waals surface area contributed by atoms with E-state index in [1.807, 2.05) is 0 Å². The first-order valence-corrected chi connectivity index (χ1v) is 7.94. The lowest BCUT2D eigenvalue weighted by Crippen LogP contribution is -2.19. The maximum atomic E-state index is 12.1. The number of Topliss-reactive ketones (excluding diaryl/α,β-unsaturated/α-hetero) is 1. The molecule has 10 heteroatoms. The molecule has 0 spiro atoms. The molecule has 1 heterocycles. The van der Waals surface area contributed by atoms with E-state index in [-0.39, 0.29) is 29.5 Å². The predicted octanol–water partition coefficient (Wildman–Crippen LogP) is 1.79. The fourth-order valence-electron chi connectivity index (χ4n) is 2.45. The van der Waals surface area contributed by atoms with E-state index in [2.05, 4.69) is 10.4 Å². The van der Waals surface area contributed by atoms with E-state index in [4.69, 9.17) is 4.74 Å². The number of hydrogen-bond donors (Lipinski definition) is 1. The van der Waals surface area contributed by atoms with Crippen molar-refractivity contribution in [2.75, 3.05) is 11.9 Å². The molecule has 0 bridgehead atoms. The van der Waals surface area contributed by atoms with Crippen molar-refractivity contribution in [1.29, 1.82) is 0 Å². The van der Waals surface area contributed by atoms with Gasteiger partial charge in [-0.2, -0.15) is 5.10 Å². The fourth-order valence-corrected chi connectivity index (χ4v) is 2.45. The number of amides is 1. The number of nitro groups is 1. The van der Waals surface area contributed by atoms with E-state index in [1.54, 1.807) is 12.1 Å². The second kappa shape index (κ2) is 8.21. The molecule has 0 unspecified atom stereocenters. The second-order valence-corrected chi connectivity index (χ2v) is 5.78. The van der Waals surface area contributed by atoms with Gasteiger partial charge in [0.25, 0.3) is 0 Å². The minimum absolute atomic E-state index is 0.155. The number of carbonyl (C=O) groups excluding carboxylic acids is 3. The fraction of sp³-hybridized carbons (Fsp3) is 0.294. The molecule has 0 fully saturated rings. The number of benzene rings is 1. The molecule has 27 heavy (non-hydrogen) atoms. The van der Waals surface area contributed by atoms with Gasteiger partial charge in [-0.1, -0.05) is 0 Å². The maximum Gasteiger partial charge on any atom is 0.328 e. The maximum absolute atomic E-state index is 12.1. The molecule has 0 aliphatic heterocycles. The molecule has 1 aromatic heterocycles. The number of nitrogens with zero attached hydrogens (tertiary/aromatic N) is 3. The highest BCUT2D eigenvalue weighted by Gasteiger charge is 2.23. The van der Waals surface area contributed by atoms with Crippen molar-refractivity contribution in [3.05, 3.63) is 51.3 Å². The third-order valence-electron chi connectivity index (χ3n) is 3.70. The van der Waals surface area contributed by atoms with Gasteiger partial charge in [0.2, 0.25) is 5.91 Å². The minimum atomic E-state index is -0.737. The summed E-state index contributed by atoms with van der Waals surface area (Å²) in [5, 5.41) is 17.5. The Hall–Kier alpha value is -3.56. The van der Waals surface area contributed by atoms with Crippen LogP contribution in [0, 0.1) is 24.0 Å². The van der Waals surface area contributed by atoms with Crippen LogP contribution in [0.5, 0.6) is 0 Å². The van der Waals surface area contributed by atoms with Crippen molar-refractivity contribution >= 4 is 29.0 Å². The molecule has 0 radical (unpaired) electrons. The highest BCUT2D eigenvalue weighted by molar-refractivity contribution is 5.98. The number of aryl methyl sites for hydroxylation is 1. The molecule has 0 aliphatic rings. The Morgan fingerprint density at radius 1 is 1.22 bits per heavy atom. The summed E-state index contributed by atoms with van der Waals surface area (Å²) in [7, 11) is 0. The second-order valence-electron chi connectivity index (χ2n) is 5.78. The molecular formula is C17H18N4O6. The Balaban J connectivity index is 1.93. The van der Waals surface area contributed by atoms with Crippen LogP contribution in [-0.2, 0) is 20.9 Å². The molecule has 2 rings (SSSR count). The summed E-state index contributed by atoms with van der Waals surface area (Å²) < 4.78 is 6.10. The Morgan fingerprint density at radius 2 is 1.85 bits per heavy atom. The van der Waals surface area contributed by atoms with Crippen molar-refractivity contribution in [2.24, 2.45) is 0 Å². The first-order chi connectivity index (χ1) is 12.7. The zero-order valence-corrected chi connectivity index (χ0v) is 15.0. The lowest BCUT2D eigenvalue weighted by Gasteiger charge is -2.07. The van der Waals surface area contributed by atoms with Crippen LogP contribution in [0.25, 0.3) is 0 Å². The van der Waals surface area contributed by atoms with Crippen LogP contribution in [0.1, 0.15) is 28.7 Å². The third-order valence-corrected chi connectivity index (χ3v) is 3.70. The van der Waals surface area contributed by atoms with Crippen LogP contribution >= 0.6 is 0 Å². The summed E-state index contributed by atoms with van der Waals surface area (Å²) in [4.78, 5) is 45.4. The Kier molecular flexibility index (Phi) is 6.01. The monoisotopic (exact) mass is 374 g/mol. The first kappa shape index (κ1) is 19.8. The zero-order chi connectivity index (χ0) is 20.1. The van der Waals surface area contributed by atoms with Gasteiger partial charge in [-0.25, -0.2) is 0 Å². The van der Waals surface area contributed by atoms with Gasteiger partial charge in [-0.05, 0) is 38.1 Å².